The van der Waals surface area contributed by atoms with Crippen molar-refractivity contribution in [2.75, 3.05) is 45.4 Å². The molecule has 1 fully saturated rings. The van der Waals surface area contributed by atoms with Crippen LogP contribution >= 0.6 is 0 Å². The highest BCUT2D eigenvalue weighted by Gasteiger charge is 2.26. The molecule has 11 heteroatoms. The minimum atomic E-state index is -3.69. The van der Waals surface area contributed by atoms with Crippen LogP contribution in [0.25, 0.3) is 10.9 Å². The number of nitrogens with zero attached hydrogens (tertiary/aromatic N) is 3. The fourth-order valence-electron chi connectivity index (χ4n) is 3.09. The van der Waals surface area contributed by atoms with Gasteiger partial charge in [0.25, 0.3) is 10.2 Å². The van der Waals surface area contributed by atoms with Gasteiger partial charge in [-0.25, -0.2) is 19.8 Å². The van der Waals surface area contributed by atoms with E-state index in [4.69, 9.17) is 19.3 Å². The Labute approximate surface area is 157 Å². The highest BCUT2D eigenvalue weighted by atomic mass is 32.2. The number of rotatable bonds is 8. The predicted octanol–water partition coefficient (Wildman–Crippen LogP) is 0.0354. The number of aromatic nitrogens is 2. The summed E-state index contributed by atoms with van der Waals surface area (Å²) in [6, 6.07) is 3.69. The summed E-state index contributed by atoms with van der Waals surface area (Å²) >= 11 is 0. The molecule has 0 aliphatic carbocycles. The van der Waals surface area contributed by atoms with Crippen molar-refractivity contribution < 1.29 is 22.6 Å². The summed E-state index contributed by atoms with van der Waals surface area (Å²) in [6.07, 6.45) is 2.32. The van der Waals surface area contributed by atoms with E-state index in [-0.39, 0.29) is 19.3 Å². The van der Waals surface area contributed by atoms with Crippen molar-refractivity contribution in [3.63, 3.8) is 0 Å². The summed E-state index contributed by atoms with van der Waals surface area (Å²) in [5.41, 5.74) is 0.763. The number of ether oxygens (including phenoxy) is 3. The first-order valence-corrected chi connectivity index (χ1v) is 9.96. The topological polar surface area (TPSA) is 129 Å². The highest BCUT2D eigenvalue weighted by Crippen LogP contribution is 2.35. The van der Waals surface area contributed by atoms with Crippen molar-refractivity contribution in [1.82, 2.24) is 14.7 Å². The third-order valence-corrected chi connectivity index (χ3v) is 4.93. The van der Waals surface area contributed by atoms with Gasteiger partial charge in [-0.3, -0.25) is 0 Å². The third kappa shape index (κ3) is 4.75. The predicted molar refractivity (Wildman–Crippen MR) is 100 cm³/mol. The number of methoxy groups -OCH3 is 2. The van der Waals surface area contributed by atoms with Gasteiger partial charge in [0.2, 0.25) is 0 Å². The summed E-state index contributed by atoms with van der Waals surface area (Å²) in [7, 11) is -0.522. The second-order valence-corrected chi connectivity index (χ2v) is 7.47. The molecule has 3 rings (SSSR count). The van der Waals surface area contributed by atoms with Gasteiger partial charge in [-0.1, -0.05) is 0 Å². The van der Waals surface area contributed by atoms with Crippen LogP contribution in [0.15, 0.2) is 18.5 Å². The van der Waals surface area contributed by atoms with Crippen molar-refractivity contribution in [1.29, 1.82) is 0 Å². The normalized spacial score (nSPS) is 17.4. The zero-order valence-electron chi connectivity index (χ0n) is 15.2. The van der Waals surface area contributed by atoms with E-state index in [2.05, 4.69) is 19.6 Å². The molecular weight excluding hydrogens is 374 g/mol. The maximum atomic E-state index is 10.9. The van der Waals surface area contributed by atoms with Gasteiger partial charge in [0.05, 0.1) is 32.4 Å². The smallest absolute Gasteiger partial charge is 0.274 e. The van der Waals surface area contributed by atoms with Gasteiger partial charge in [-0.15, -0.1) is 0 Å². The van der Waals surface area contributed by atoms with Gasteiger partial charge < -0.3 is 19.1 Å². The quantitative estimate of drug-likeness (QED) is 0.597. The number of nitrogens with one attached hydrogen (secondary N) is 1. The van der Waals surface area contributed by atoms with Gasteiger partial charge in [-0.05, 0) is 12.5 Å². The van der Waals surface area contributed by atoms with E-state index < -0.39 is 10.2 Å². The number of benzene rings is 1. The molecule has 27 heavy (non-hydrogen) atoms. The zero-order valence-corrected chi connectivity index (χ0v) is 16.0. The third-order valence-electron chi connectivity index (χ3n) is 4.32. The van der Waals surface area contributed by atoms with Gasteiger partial charge in [0, 0.05) is 31.1 Å². The van der Waals surface area contributed by atoms with Crippen LogP contribution in [0.4, 0.5) is 5.82 Å². The molecule has 1 unspecified atom stereocenters. The van der Waals surface area contributed by atoms with E-state index in [1.54, 1.807) is 14.2 Å². The summed E-state index contributed by atoms with van der Waals surface area (Å²) in [6.45, 7) is 1.82. The molecule has 0 spiro atoms. The molecule has 3 N–H and O–H groups in total. The van der Waals surface area contributed by atoms with Crippen LogP contribution in [-0.2, 0) is 14.9 Å². The van der Waals surface area contributed by atoms with Crippen molar-refractivity contribution in [3.8, 4) is 11.5 Å². The van der Waals surface area contributed by atoms with E-state index in [9.17, 15) is 8.42 Å². The summed E-state index contributed by atoms with van der Waals surface area (Å²) in [5.74, 6) is 2.02. The first kappa shape index (κ1) is 19.5. The Morgan fingerprint density at radius 2 is 2.00 bits per heavy atom. The standard InChI is InChI=1S/C16H23N5O5S/c1-24-14-7-12-13(8-15(14)25-2)18-10-19-16(12)21-5-3-11(9-21)26-6-4-20-27(17,22)23/h7-8,10-11,20H,3-6,9H2,1-2H3,(H2,17,22,23). The van der Waals surface area contributed by atoms with Gasteiger partial charge >= 0.3 is 0 Å². The maximum Gasteiger partial charge on any atom is 0.274 e. The van der Waals surface area contributed by atoms with Gasteiger partial charge in [0.1, 0.15) is 12.1 Å². The molecule has 148 valence electrons. The molecule has 2 heterocycles. The molecule has 1 aromatic carbocycles. The van der Waals surface area contributed by atoms with Crippen LogP contribution in [0, 0.1) is 0 Å². The molecule has 1 aromatic heterocycles. The van der Waals surface area contributed by atoms with Crippen molar-refractivity contribution in [2.45, 2.75) is 12.5 Å². The zero-order chi connectivity index (χ0) is 19.4. The molecule has 1 aliphatic rings. The molecule has 1 aliphatic heterocycles. The number of hydrogen-bond acceptors (Lipinski definition) is 8. The largest absolute Gasteiger partial charge is 0.493 e. The highest BCUT2D eigenvalue weighted by molar-refractivity contribution is 7.87. The average Bonchev–Trinajstić information content (AvgIpc) is 3.11. The molecule has 10 nitrogen and oxygen atoms in total. The monoisotopic (exact) mass is 397 g/mol. The van der Waals surface area contributed by atoms with Crippen LogP contribution in [-0.4, -0.2) is 65.0 Å². The van der Waals surface area contributed by atoms with E-state index in [1.807, 2.05) is 12.1 Å². The fourth-order valence-corrected chi connectivity index (χ4v) is 3.46. The Bertz CT molecular complexity index is 907. The second kappa shape index (κ2) is 8.21. The lowest BCUT2D eigenvalue weighted by atomic mass is 10.2. The minimum Gasteiger partial charge on any atom is -0.493 e. The van der Waals surface area contributed by atoms with Crippen molar-refractivity contribution in [2.24, 2.45) is 5.14 Å². The summed E-state index contributed by atoms with van der Waals surface area (Å²) < 4.78 is 40.4. The molecule has 0 bridgehead atoms. The second-order valence-electron chi connectivity index (χ2n) is 6.09. The van der Waals surface area contributed by atoms with Crippen molar-refractivity contribution >= 4 is 26.9 Å². The minimum absolute atomic E-state index is 0.0163. The Morgan fingerprint density at radius 1 is 1.26 bits per heavy atom. The van der Waals surface area contributed by atoms with Gasteiger partial charge in [-0.2, -0.15) is 8.42 Å². The maximum absolute atomic E-state index is 10.9. The first-order chi connectivity index (χ1) is 12.9. The number of fused-ring (bicyclic) bond motifs is 1. The molecule has 1 saturated heterocycles. The van der Waals surface area contributed by atoms with E-state index >= 15 is 0 Å². The summed E-state index contributed by atoms with van der Waals surface area (Å²) in [4.78, 5) is 10.9. The number of nitrogens with two attached hydrogens (primary N) is 1. The molecule has 2 aromatic rings. The van der Waals surface area contributed by atoms with Crippen LogP contribution in [0.5, 0.6) is 11.5 Å². The van der Waals surface area contributed by atoms with Gasteiger partial charge in [0.15, 0.2) is 11.5 Å². The molecule has 0 saturated carbocycles. The molecule has 1 atom stereocenters. The van der Waals surface area contributed by atoms with Crippen LogP contribution in [0.3, 0.4) is 0 Å². The Kier molecular flexibility index (Phi) is 5.95. The Balaban J connectivity index is 1.71. The summed E-state index contributed by atoms with van der Waals surface area (Å²) in [5, 5.41) is 5.76. The number of hydrogen-bond donors (Lipinski definition) is 2. The lowest BCUT2D eigenvalue weighted by Crippen LogP contribution is -2.34. The van der Waals surface area contributed by atoms with Crippen LogP contribution < -0.4 is 24.2 Å². The molecule has 0 amide bonds. The van der Waals surface area contributed by atoms with E-state index in [1.165, 1.54) is 6.33 Å². The Morgan fingerprint density at radius 3 is 2.70 bits per heavy atom. The van der Waals surface area contributed by atoms with Crippen LogP contribution in [0.2, 0.25) is 0 Å². The molecule has 0 radical (unpaired) electrons. The van der Waals surface area contributed by atoms with Crippen LogP contribution in [0.1, 0.15) is 6.42 Å². The molecular formula is C16H23N5O5S. The first-order valence-electron chi connectivity index (χ1n) is 8.42. The lowest BCUT2D eigenvalue weighted by Gasteiger charge is -2.20. The lowest BCUT2D eigenvalue weighted by molar-refractivity contribution is 0.0726. The Hall–Kier alpha value is -2.21. The van der Waals surface area contributed by atoms with E-state index in [0.717, 1.165) is 29.7 Å². The van der Waals surface area contributed by atoms with E-state index in [0.29, 0.717) is 18.0 Å². The van der Waals surface area contributed by atoms with Crippen molar-refractivity contribution in [3.05, 3.63) is 18.5 Å². The SMILES string of the molecule is COc1cc2ncnc(N3CCC(OCCNS(N)(=O)=O)C3)c2cc1OC. The number of anilines is 1. The fraction of sp³-hybridized carbons (Fsp3) is 0.500. The average molecular weight is 397 g/mol.